The van der Waals surface area contributed by atoms with E-state index in [0.717, 1.165) is 41.6 Å². The zero-order valence-electron chi connectivity index (χ0n) is 13.2. The van der Waals surface area contributed by atoms with Crippen molar-refractivity contribution in [3.8, 4) is 5.75 Å². The third-order valence-corrected chi connectivity index (χ3v) is 4.37. The van der Waals surface area contributed by atoms with Crippen LogP contribution in [0, 0.1) is 5.92 Å². The van der Waals surface area contributed by atoms with Crippen molar-refractivity contribution in [2.24, 2.45) is 5.92 Å². The van der Waals surface area contributed by atoms with Gasteiger partial charge in [0.25, 0.3) is 0 Å². The zero-order chi connectivity index (χ0) is 14.8. The van der Waals surface area contributed by atoms with Gasteiger partial charge in [-0.3, -0.25) is 0 Å². The van der Waals surface area contributed by atoms with Crippen molar-refractivity contribution < 1.29 is 14.3 Å². The van der Waals surface area contributed by atoms with Crippen LogP contribution in [-0.2, 0) is 5.60 Å². The monoisotopic (exact) mass is 278 g/mol. The Bertz CT molecular complexity index is 453. The number of ether oxygens (including phenoxy) is 1. The SMILES string of the molecule is COc1cccc([C@@]2(O)CCCCC2C[N+](C)(C)C)c1. The summed E-state index contributed by atoms with van der Waals surface area (Å²) < 4.78 is 6.20. The molecule has 0 radical (unpaired) electrons. The molecule has 1 N–H and O–H groups in total. The standard InChI is InChI=1S/C17H28NO2/c1-18(2,3)13-15-8-5-6-11-17(15,19)14-9-7-10-16(12-14)20-4/h7,9-10,12,15,19H,5-6,8,11,13H2,1-4H3/q+1/t15?,17-/m0/s1. The number of hydrogen-bond acceptors (Lipinski definition) is 2. The Labute approximate surface area is 122 Å². The molecule has 0 aliphatic heterocycles. The molecule has 1 saturated carbocycles. The minimum atomic E-state index is -0.710. The van der Waals surface area contributed by atoms with Crippen molar-refractivity contribution in [2.75, 3.05) is 34.8 Å². The molecule has 2 rings (SSSR count). The van der Waals surface area contributed by atoms with E-state index in [9.17, 15) is 5.11 Å². The molecule has 0 amide bonds. The molecule has 0 spiro atoms. The summed E-state index contributed by atoms with van der Waals surface area (Å²) in [7, 11) is 8.26. The van der Waals surface area contributed by atoms with Gasteiger partial charge in [-0.2, -0.15) is 0 Å². The average molecular weight is 278 g/mol. The minimum Gasteiger partial charge on any atom is -0.497 e. The van der Waals surface area contributed by atoms with E-state index in [1.807, 2.05) is 24.3 Å². The highest BCUT2D eigenvalue weighted by Crippen LogP contribution is 2.43. The number of aliphatic hydroxyl groups is 1. The molecule has 20 heavy (non-hydrogen) atoms. The zero-order valence-corrected chi connectivity index (χ0v) is 13.2. The van der Waals surface area contributed by atoms with E-state index in [1.54, 1.807) is 7.11 Å². The maximum absolute atomic E-state index is 11.3. The number of quaternary nitrogens is 1. The van der Waals surface area contributed by atoms with Gasteiger partial charge >= 0.3 is 0 Å². The van der Waals surface area contributed by atoms with Gasteiger partial charge in [-0.1, -0.05) is 25.0 Å². The average Bonchev–Trinajstić information content (AvgIpc) is 2.40. The number of methoxy groups -OCH3 is 1. The van der Waals surface area contributed by atoms with Crippen LogP contribution < -0.4 is 4.74 Å². The molecule has 3 heteroatoms. The highest BCUT2D eigenvalue weighted by molar-refractivity contribution is 5.33. The molecule has 1 unspecified atom stereocenters. The molecule has 3 nitrogen and oxygen atoms in total. The van der Waals surface area contributed by atoms with Gasteiger partial charge in [0.15, 0.2) is 0 Å². The van der Waals surface area contributed by atoms with Crippen molar-refractivity contribution >= 4 is 0 Å². The van der Waals surface area contributed by atoms with Crippen LogP contribution in [0.4, 0.5) is 0 Å². The van der Waals surface area contributed by atoms with Crippen molar-refractivity contribution in [3.05, 3.63) is 29.8 Å². The second-order valence-electron chi connectivity index (χ2n) is 7.07. The lowest BCUT2D eigenvalue weighted by atomic mass is 9.71. The fourth-order valence-electron chi connectivity index (χ4n) is 3.40. The van der Waals surface area contributed by atoms with Gasteiger partial charge in [0, 0.05) is 5.92 Å². The fraction of sp³-hybridized carbons (Fsp3) is 0.647. The predicted octanol–water partition coefficient (Wildman–Crippen LogP) is 2.78. The summed E-state index contributed by atoms with van der Waals surface area (Å²) >= 11 is 0. The van der Waals surface area contributed by atoms with Crippen LogP contribution in [0.25, 0.3) is 0 Å². The van der Waals surface area contributed by atoms with Gasteiger partial charge < -0.3 is 14.3 Å². The highest BCUT2D eigenvalue weighted by Gasteiger charge is 2.43. The quantitative estimate of drug-likeness (QED) is 0.858. The summed E-state index contributed by atoms with van der Waals surface area (Å²) in [5.74, 6) is 1.13. The molecule has 1 aliphatic carbocycles. The third-order valence-electron chi connectivity index (χ3n) is 4.37. The Morgan fingerprint density at radius 3 is 2.70 bits per heavy atom. The van der Waals surface area contributed by atoms with E-state index in [4.69, 9.17) is 4.74 Å². The topological polar surface area (TPSA) is 29.5 Å². The lowest BCUT2D eigenvalue weighted by molar-refractivity contribution is -0.875. The summed E-state index contributed by atoms with van der Waals surface area (Å²) in [4.78, 5) is 0. The second-order valence-corrected chi connectivity index (χ2v) is 7.07. The normalized spacial score (nSPS) is 27.4. The molecule has 1 aliphatic rings. The Kier molecular flexibility index (Phi) is 4.40. The first kappa shape index (κ1) is 15.3. The summed E-state index contributed by atoms with van der Waals surface area (Å²) in [6.45, 7) is 0.994. The van der Waals surface area contributed by atoms with Crippen LogP contribution in [0.2, 0.25) is 0 Å². The first-order valence-corrected chi connectivity index (χ1v) is 7.52. The molecule has 112 valence electrons. The van der Waals surface area contributed by atoms with Crippen molar-refractivity contribution in [2.45, 2.75) is 31.3 Å². The number of nitrogens with zero attached hydrogens (tertiary/aromatic N) is 1. The molecule has 0 aromatic heterocycles. The van der Waals surface area contributed by atoms with Crippen LogP contribution in [0.15, 0.2) is 24.3 Å². The van der Waals surface area contributed by atoms with Crippen LogP contribution >= 0.6 is 0 Å². The minimum absolute atomic E-state index is 0.309. The molecule has 0 bridgehead atoms. The first-order chi connectivity index (χ1) is 9.35. The molecule has 0 saturated heterocycles. The lowest BCUT2D eigenvalue weighted by Crippen LogP contribution is -2.48. The molecule has 1 fully saturated rings. The Hall–Kier alpha value is -1.06. The predicted molar refractivity (Wildman–Crippen MR) is 81.7 cm³/mol. The summed E-state index contributed by atoms with van der Waals surface area (Å²) in [6.07, 6.45) is 4.27. The Morgan fingerprint density at radius 1 is 1.30 bits per heavy atom. The Balaban J connectivity index is 2.32. The van der Waals surface area contributed by atoms with Crippen LogP contribution in [0.3, 0.4) is 0 Å². The molecule has 1 aromatic rings. The van der Waals surface area contributed by atoms with Gasteiger partial charge in [0.1, 0.15) is 5.75 Å². The van der Waals surface area contributed by atoms with Gasteiger partial charge in [-0.05, 0) is 30.5 Å². The Morgan fingerprint density at radius 2 is 2.05 bits per heavy atom. The first-order valence-electron chi connectivity index (χ1n) is 7.52. The number of benzene rings is 1. The van der Waals surface area contributed by atoms with E-state index >= 15 is 0 Å². The molecular weight excluding hydrogens is 250 g/mol. The smallest absolute Gasteiger partial charge is 0.119 e. The molecule has 0 heterocycles. The van der Waals surface area contributed by atoms with Crippen LogP contribution in [-0.4, -0.2) is 44.4 Å². The van der Waals surface area contributed by atoms with E-state index in [2.05, 4.69) is 21.1 Å². The van der Waals surface area contributed by atoms with Gasteiger partial charge in [-0.25, -0.2) is 0 Å². The van der Waals surface area contributed by atoms with Crippen LogP contribution in [0.5, 0.6) is 5.75 Å². The molecule has 1 aromatic carbocycles. The molecular formula is C17H28NO2+. The summed E-state index contributed by atoms with van der Waals surface area (Å²) in [5, 5.41) is 11.3. The number of rotatable bonds is 4. The number of hydrogen-bond donors (Lipinski definition) is 1. The summed E-state index contributed by atoms with van der Waals surface area (Å²) in [6, 6.07) is 7.94. The van der Waals surface area contributed by atoms with Gasteiger partial charge in [0.2, 0.25) is 0 Å². The lowest BCUT2D eigenvalue weighted by Gasteiger charge is -2.43. The van der Waals surface area contributed by atoms with Crippen molar-refractivity contribution in [1.29, 1.82) is 0 Å². The molecule has 2 atom stereocenters. The van der Waals surface area contributed by atoms with Gasteiger partial charge in [0.05, 0.1) is 40.4 Å². The third kappa shape index (κ3) is 3.33. The van der Waals surface area contributed by atoms with Crippen LogP contribution in [0.1, 0.15) is 31.2 Å². The van der Waals surface area contributed by atoms with Crippen molar-refractivity contribution in [3.63, 3.8) is 0 Å². The van der Waals surface area contributed by atoms with E-state index in [-0.39, 0.29) is 0 Å². The largest absolute Gasteiger partial charge is 0.497 e. The van der Waals surface area contributed by atoms with Crippen molar-refractivity contribution in [1.82, 2.24) is 0 Å². The van der Waals surface area contributed by atoms with E-state index in [1.165, 1.54) is 6.42 Å². The van der Waals surface area contributed by atoms with E-state index < -0.39 is 5.60 Å². The fourth-order valence-corrected chi connectivity index (χ4v) is 3.40. The highest BCUT2D eigenvalue weighted by atomic mass is 16.5. The van der Waals surface area contributed by atoms with Gasteiger partial charge in [-0.15, -0.1) is 0 Å². The maximum Gasteiger partial charge on any atom is 0.119 e. The van der Waals surface area contributed by atoms with E-state index in [0.29, 0.717) is 5.92 Å². The maximum atomic E-state index is 11.3. The summed E-state index contributed by atoms with van der Waals surface area (Å²) in [5.41, 5.74) is 0.299. The second kappa shape index (κ2) is 5.74.